The molecule has 0 unspecified atom stereocenters. The molecule has 1 amide bonds. The van der Waals surface area contributed by atoms with Gasteiger partial charge in [-0.3, -0.25) is 5.32 Å². The number of benzene rings is 1. The number of halogens is 1. The highest BCUT2D eigenvalue weighted by atomic mass is 35.5. The molecule has 1 saturated heterocycles. The number of nitrogens with zero attached hydrogens (tertiary/aromatic N) is 1. The summed E-state index contributed by atoms with van der Waals surface area (Å²) in [7, 11) is 0. The zero-order valence-electron chi connectivity index (χ0n) is 16.7. The van der Waals surface area contributed by atoms with Gasteiger partial charge in [0.05, 0.1) is 12.3 Å². The van der Waals surface area contributed by atoms with Gasteiger partial charge in [0.1, 0.15) is 11.9 Å². The number of nitrogens with one attached hydrogen (secondary N) is 1. The Kier molecular flexibility index (Phi) is 11.9. The number of anilines is 1. The molecular formula is C21H35ClN2O3. The molecule has 0 saturated carbocycles. The molecule has 0 radical (unpaired) electrons. The van der Waals surface area contributed by atoms with Crippen molar-refractivity contribution < 1.29 is 14.3 Å². The van der Waals surface area contributed by atoms with Crippen LogP contribution in [-0.2, 0) is 4.74 Å². The van der Waals surface area contributed by atoms with Crippen molar-refractivity contribution in [1.82, 2.24) is 4.90 Å². The number of hydrogen-bond donors (Lipinski definition) is 1. The quantitative estimate of drug-likeness (QED) is 0.529. The van der Waals surface area contributed by atoms with E-state index in [1.54, 1.807) is 0 Å². The van der Waals surface area contributed by atoms with Gasteiger partial charge in [-0.1, -0.05) is 45.2 Å². The first-order chi connectivity index (χ1) is 12.7. The molecule has 0 aliphatic carbocycles. The summed E-state index contributed by atoms with van der Waals surface area (Å²) in [4.78, 5) is 14.7. The lowest BCUT2D eigenvalue weighted by Crippen LogP contribution is -2.38. The Morgan fingerprint density at radius 2 is 1.85 bits per heavy atom. The molecule has 27 heavy (non-hydrogen) atoms. The monoisotopic (exact) mass is 398 g/mol. The fraction of sp³-hybridized carbons (Fsp3) is 0.667. The van der Waals surface area contributed by atoms with Gasteiger partial charge in [0, 0.05) is 13.1 Å². The average Bonchev–Trinajstić information content (AvgIpc) is 2.65. The maximum Gasteiger partial charge on any atom is 0.412 e. The van der Waals surface area contributed by atoms with Crippen LogP contribution in [0.2, 0.25) is 0 Å². The van der Waals surface area contributed by atoms with E-state index < -0.39 is 0 Å². The van der Waals surface area contributed by atoms with Crippen LogP contribution in [0.4, 0.5) is 10.5 Å². The second kappa shape index (κ2) is 13.7. The molecule has 1 fully saturated rings. The van der Waals surface area contributed by atoms with Crippen LogP contribution >= 0.6 is 12.4 Å². The van der Waals surface area contributed by atoms with E-state index >= 15 is 0 Å². The number of rotatable bonds is 10. The molecule has 0 spiro atoms. The van der Waals surface area contributed by atoms with Crippen molar-refractivity contribution in [2.45, 2.75) is 64.9 Å². The number of para-hydroxylation sites is 2. The molecule has 1 heterocycles. The highest BCUT2D eigenvalue weighted by molar-refractivity contribution is 5.86. The number of hydrogen-bond acceptors (Lipinski definition) is 4. The van der Waals surface area contributed by atoms with Crippen molar-refractivity contribution in [3.8, 4) is 5.75 Å². The summed E-state index contributed by atoms with van der Waals surface area (Å²) in [5.74, 6) is 0.707. The Balaban J connectivity index is 0.00000364. The number of carbonyl (C=O) groups is 1. The van der Waals surface area contributed by atoms with Gasteiger partial charge in [-0.25, -0.2) is 4.79 Å². The molecule has 1 aromatic rings. The van der Waals surface area contributed by atoms with Crippen molar-refractivity contribution in [3.63, 3.8) is 0 Å². The third-order valence-electron chi connectivity index (χ3n) is 4.73. The molecule has 1 aliphatic rings. The Morgan fingerprint density at radius 1 is 1.11 bits per heavy atom. The number of carbonyl (C=O) groups excluding carboxylic acids is 1. The Hall–Kier alpha value is -1.46. The lowest BCUT2D eigenvalue weighted by Gasteiger charge is -2.31. The molecule has 0 atom stereocenters. The first kappa shape index (κ1) is 23.6. The van der Waals surface area contributed by atoms with E-state index in [0.717, 1.165) is 38.9 Å². The van der Waals surface area contributed by atoms with Gasteiger partial charge in [0.2, 0.25) is 0 Å². The molecule has 5 nitrogen and oxygen atoms in total. The molecule has 1 N–H and O–H groups in total. The van der Waals surface area contributed by atoms with Crippen LogP contribution < -0.4 is 10.1 Å². The lowest BCUT2D eigenvalue weighted by atomic mass is 10.1. The van der Waals surface area contributed by atoms with Gasteiger partial charge in [-0.05, 0) is 44.4 Å². The molecule has 154 valence electrons. The molecule has 6 heteroatoms. The van der Waals surface area contributed by atoms with E-state index in [0.29, 0.717) is 18.0 Å². The predicted molar refractivity (Wildman–Crippen MR) is 113 cm³/mol. The van der Waals surface area contributed by atoms with Crippen LogP contribution in [0.25, 0.3) is 0 Å². The van der Waals surface area contributed by atoms with Gasteiger partial charge >= 0.3 is 6.09 Å². The fourth-order valence-corrected chi connectivity index (χ4v) is 3.26. The van der Waals surface area contributed by atoms with Crippen LogP contribution in [0.5, 0.6) is 5.75 Å². The van der Waals surface area contributed by atoms with Crippen molar-refractivity contribution in [2.75, 3.05) is 31.6 Å². The van der Waals surface area contributed by atoms with E-state index in [4.69, 9.17) is 9.47 Å². The van der Waals surface area contributed by atoms with Crippen LogP contribution in [0, 0.1) is 0 Å². The minimum Gasteiger partial charge on any atom is -0.491 e. The summed E-state index contributed by atoms with van der Waals surface area (Å²) in [5.41, 5.74) is 0.677. The first-order valence-corrected chi connectivity index (χ1v) is 10.1. The van der Waals surface area contributed by atoms with Gasteiger partial charge in [0.25, 0.3) is 0 Å². The number of ether oxygens (including phenoxy) is 2. The molecule has 0 aromatic heterocycles. The van der Waals surface area contributed by atoms with Crippen LogP contribution in [0.15, 0.2) is 24.3 Å². The van der Waals surface area contributed by atoms with Gasteiger partial charge in [0.15, 0.2) is 0 Å². The van der Waals surface area contributed by atoms with E-state index in [1.165, 1.54) is 25.7 Å². The number of likely N-dealkylation sites (tertiary alicyclic amines) is 1. The van der Waals surface area contributed by atoms with Gasteiger partial charge in [-0.15, -0.1) is 12.4 Å². The lowest BCUT2D eigenvalue weighted by molar-refractivity contribution is 0.0590. The molecule has 1 aromatic carbocycles. The third kappa shape index (κ3) is 8.85. The van der Waals surface area contributed by atoms with Crippen molar-refractivity contribution >= 4 is 24.2 Å². The zero-order valence-corrected chi connectivity index (χ0v) is 17.6. The number of amides is 1. The van der Waals surface area contributed by atoms with Gasteiger partial charge < -0.3 is 14.4 Å². The smallest absolute Gasteiger partial charge is 0.412 e. The molecular weight excluding hydrogens is 364 g/mol. The van der Waals surface area contributed by atoms with Crippen LogP contribution in [-0.4, -0.2) is 43.3 Å². The molecule has 0 bridgehead atoms. The molecule has 2 rings (SSSR count). The highest BCUT2D eigenvalue weighted by Gasteiger charge is 2.22. The van der Waals surface area contributed by atoms with E-state index in [1.807, 2.05) is 24.3 Å². The Morgan fingerprint density at radius 3 is 2.56 bits per heavy atom. The zero-order chi connectivity index (χ0) is 18.6. The van der Waals surface area contributed by atoms with Crippen molar-refractivity contribution in [3.05, 3.63) is 24.3 Å². The number of piperidine rings is 1. The normalized spacial score (nSPS) is 15.0. The fourth-order valence-electron chi connectivity index (χ4n) is 3.26. The second-order valence-corrected chi connectivity index (χ2v) is 6.98. The summed E-state index contributed by atoms with van der Waals surface area (Å²) < 4.78 is 11.4. The minimum atomic E-state index is -0.388. The van der Waals surface area contributed by atoms with E-state index in [-0.39, 0.29) is 24.6 Å². The summed E-state index contributed by atoms with van der Waals surface area (Å²) in [5, 5.41) is 2.85. The summed E-state index contributed by atoms with van der Waals surface area (Å²) in [6.07, 6.45) is 7.24. The standard InChI is InChI=1S/C21H34N2O3.ClH/c1-3-5-6-9-17-25-20-11-8-7-10-19(20)22-21(24)26-18-12-15-23(14-4-2)16-13-18;/h7-8,10-11,18H,3-6,9,12-17H2,1-2H3,(H,22,24);1H. The highest BCUT2D eigenvalue weighted by Crippen LogP contribution is 2.25. The summed E-state index contributed by atoms with van der Waals surface area (Å²) >= 11 is 0. The maximum absolute atomic E-state index is 12.3. The third-order valence-corrected chi connectivity index (χ3v) is 4.73. The molecule has 1 aliphatic heterocycles. The summed E-state index contributed by atoms with van der Waals surface area (Å²) in [6.45, 7) is 8.19. The van der Waals surface area contributed by atoms with Crippen LogP contribution in [0.3, 0.4) is 0 Å². The van der Waals surface area contributed by atoms with Crippen LogP contribution in [0.1, 0.15) is 58.8 Å². The van der Waals surface area contributed by atoms with E-state index in [9.17, 15) is 4.79 Å². The summed E-state index contributed by atoms with van der Waals surface area (Å²) in [6, 6.07) is 7.55. The largest absolute Gasteiger partial charge is 0.491 e. The minimum absolute atomic E-state index is 0. The van der Waals surface area contributed by atoms with Crippen molar-refractivity contribution in [2.24, 2.45) is 0 Å². The first-order valence-electron chi connectivity index (χ1n) is 10.1. The Labute approximate surface area is 170 Å². The second-order valence-electron chi connectivity index (χ2n) is 6.98. The topological polar surface area (TPSA) is 50.8 Å². The predicted octanol–water partition coefficient (Wildman–Crippen LogP) is 5.49. The van der Waals surface area contributed by atoms with Crippen molar-refractivity contribution in [1.29, 1.82) is 0 Å². The average molecular weight is 399 g/mol. The van der Waals surface area contributed by atoms with Gasteiger partial charge in [-0.2, -0.15) is 0 Å². The number of unbranched alkanes of at least 4 members (excludes halogenated alkanes) is 3. The Bertz CT molecular complexity index is 534. The maximum atomic E-state index is 12.3. The van der Waals surface area contributed by atoms with E-state index in [2.05, 4.69) is 24.1 Å². The SMILES string of the molecule is CCCCCCOc1ccccc1NC(=O)OC1CCN(CCC)CC1.Cl.